The van der Waals surface area contributed by atoms with Gasteiger partial charge in [0.05, 0.1) is 5.70 Å². The first-order valence-corrected chi connectivity index (χ1v) is 4.24. The second kappa shape index (κ2) is 6.53. The molecule has 2 heteroatoms. The van der Waals surface area contributed by atoms with Crippen LogP contribution >= 0.6 is 0 Å². The lowest BCUT2D eigenvalue weighted by molar-refractivity contribution is 0.254. The molecule has 0 amide bonds. The van der Waals surface area contributed by atoms with E-state index in [1.165, 1.54) is 0 Å². The average Bonchev–Trinajstić information content (AvgIpc) is 2.56. The molecule has 0 aromatic carbocycles. The summed E-state index contributed by atoms with van der Waals surface area (Å²) in [4.78, 5) is 0. The first kappa shape index (κ1) is 10.8. The van der Waals surface area contributed by atoms with Crippen LogP contribution in [-0.2, 0) is 4.74 Å². The largest absolute Gasteiger partial charge is 0.472 e. The fraction of sp³-hybridized carbons (Fsp3) is 0.400. The number of allylic oxidation sites excluding steroid dienone is 3. The Balaban J connectivity index is 0.000000561. The molecular formula is C10H17NO. The smallest absolute Gasteiger partial charge is 0.159 e. The van der Waals surface area contributed by atoms with E-state index in [1.54, 1.807) is 6.08 Å². The van der Waals surface area contributed by atoms with Gasteiger partial charge in [-0.25, -0.2) is 0 Å². The maximum atomic E-state index is 5.20. The van der Waals surface area contributed by atoms with E-state index in [0.29, 0.717) is 6.73 Å². The van der Waals surface area contributed by atoms with Crippen molar-refractivity contribution >= 4 is 0 Å². The lowest BCUT2D eigenvalue weighted by Gasteiger charge is -1.93. The van der Waals surface area contributed by atoms with Crippen molar-refractivity contribution in [3.05, 3.63) is 36.3 Å². The summed E-state index contributed by atoms with van der Waals surface area (Å²) in [7, 11) is 0. The Morgan fingerprint density at radius 2 is 2.17 bits per heavy atom. The molecule has 2 nitrogen and oxygen atoms in total. The van der Waals surface area contributed by atoms with Crippen molar-refractivity contribution in [1.82, 2.24) is 5.32 Å². The Hall–Kier alpha value is -1.18. The van der Waals surface area contributed by atoms with Crippen molar-refractivity contribution < 1.29 is 4.74 Å². The second-order valence-electron chi connectivity index (χ2n) is 1.93. The molecule has 0 aromatic heterocycles. The van der Waals surface area contributed by atoms with Crippen molar-refractivity contribution in [2.75, 3.05) is 6.73 Å². The van der Waals surface area contributed by atoms with Crippen molar-refractivity contribution in [3.63, 3.8) is 0 Å². The molecule has 1 rings (SSSR count). The highest BCUT2D eigenvalue weighted by molar-refractivity contribution is 5.29. The van der Waals surface area contributed by atoms with E-state index in [-0.39, 0.29) is 0 Å². The van der Waals surface area contributed by atoms with Crippen molar-refractivity contribution in [3.8, 4) is 0 Å². The van der Waals surface area contributed by atoms with Crippen LogP contribution in [0.4, 0.5) is 0 Å². The zero-order valence-corrected chi connectivity index (χ0v) is 8.05. The molecule has 0 aromatic rings. The zero-order valence-electron chi connectivity index (χ0n) is 8.05. The van der Waals surface area contributed by atoms with Gasteiger partial charge in [-0.2, -0.15) is 0 Å². The van der Waals surface area contributed by atoms with E-state index in [2.05, 4.69) is 11.9 Å². The molecule has 12 heavy (non-hydrogen) atoms. The Morgan fingerprint density at radius 1 is 1.50 bits per heavy atom. The Bertz CT molecular complexity index is 192. The lowest BCUT2D eigenvalue weighted by Crippen LogP contribution is -2.03. The van der Waals surface area contributed by atoms with Crippen LogP contribution in [0.25, 0.3) is 0 Å². The van der Waals surface area contributed by atoms with Gasteiger partial charge in [0.1, 0.15) is 5.76 Å². The number of hydrogen-bond acceptors (Lipinski definition) is 2. The van der Waals surface area contributed by atoms with Gasteiger partial charge in [0, 0.05) is 0 Å². The van der Waals surface area contributed by atoms with Crippen LogP contribution in [0.15, 0.2) is 36.3 Å². The predicted molar refractivity (Wildman–Crippen MR) is 52.5 cm³/mol. The minimum atomic E-state index is 0.569. The number of ether oxygens (including phenoxy) is 1. The fourth-order valence-corrected chi connectivity index (χ4v) is 0.854. The van der Waals surface area contributed by atoms with Crippen LogP contribution in [0.2, 0.25) is 0 Å². The standard InChI is InChI=1S/C8H11NO.C2H6/c1-3-5-7-8(4-2)10-6-9-7;1-2/h3-5,9H,1,6H2,2H3;1-2H3/b7-5+,8-4+;. The highest BCUT2D eigenvalue weighted by Crippen LogP contribution is 2.13. The van der Waals surface area contributed by atoms with E-state index < -0.39 is 0 Å². The normalized spacial score (nSPS) is 20.9. The van der Waals surface area contributed by atoms with Crippen LogP contribution in [0.3, 0.4) is 0 Å². The minimum Gasteiger partial charge on any atom is -0.472 e. The first-order valence-electron chi connectivity index (χ1n) is 4.24. The third-order valence-electron chi connectivity index (χ3n) is 1.30. The van der Waals surface area contributed by atoms with Crippen molar-refractivity contribution in [2.24, 2.45) is 0 Å². The van der Waals surface area contributed by atoms with Gasteiger partial charge in [-0.3, -0.25) is 0 Å². The van der Waals surface area contributed by atoms with E-state index in [9.17, 15) is 0 Å². The fourth-order valence-electron chi connectivity index (χ4n) is 0.854. The molecule has 0 radical (unpaired) electrons. The molecule has 1 heterocycles. The highest BCUT2D eigenvalue weighted by Gasteiger charge is 2.10. The molecular weight excluding hydrogens is 150 g/mol. The van der Waals surface area contributed by atoms with Crippen LogP contribution in [0.5, 0.6) is 0 Å². The zero-order chi connectivity index (χ0) is 9.40. The maximum Gasteiger partial charge on any atom is 0.159 e. The summed E-state index contributed by atoms with van der Waals surface area (Å²) in [6.45, 7) is 10.1. The van der Waals surface area contributed by atoms with Gasteiger partial charge >= 0.3 is 0 Å². The van der Waals surface area contributed by atoms with Gasteiger partial charge in [0.25, 0.3) is 0 Å². The van der Waals surface area contributed by atoms with E-state index >= 15 is 0 Å². The molecule has 1 aliphatic heterocycles. The highest BCUT2D eigenvalue weighted by atomic mass is 16.5. The summed E-state index contributed by atoms with van der Waals surface area (Å²) < 4.78 is 5.20. The quantitative estimate of drug-likeness (QED) is 0.648. The van der Waals surface area contributed by atoms with E-state index in [0.717, 1.165) is 11.5 Å². The molecule has 0 spiro atoms. The van der Waals surface area contributed by atoms with Crippen LogP contribution in [0, 0.1) is 0 Å². The molecule has 1 N–H and O–H groups in total. The summed E-state index contributed by atoms with van der Waals surface area (Å²) in [6.07, 6.45) is 5.55. The molecule has 0 atom stereocenters. The summed E-state index contributed by atoms with van der Waals surface area (Å²) in [5.74, 6) is 0.903. The monoisotopic (exact) mass is 167 g/mol. The third-order valence-corrected chi connectivity index (χ3v) is 1.30. The number of hydrogen-bond donors (Lipinski definition) is 1. The minimum absolute atomic E-state index is 0.569. The number of nitrogens with one attached hydrogen (secondary N) is 1. The van der Waals surface area contributed by atoms with Crippen LogP contribution < -0.4 is 5.32 Å². The summed E-state index contributed by atoms with van der Waals surface area (Å²) in [5, 5.41) is 3.06. The van der Waals surface area contributed by atoms with Gasteiger partial charge in [-0.15, -0.1) is 0 Å². The molecule has 0 saturated carbocycles. The Morgan fingerprint density at radius 3 is 2.67 bits per heavy atom. The van der Waals surface area contributed by atoms with Crippen molar-refractivity contribution in [1.29, 1.82) is 0 Å². The van der Waals surface area contributed by atoms with E-state index in [1.807, 2.05) is 32.9 Å². The number of rotatable bonds is 1. The third kappa shape index (κ3) is 2.82. The summed E-state index contributed by atoms with van der Waals surface area (Å²) in [5.41, 5.74) is 1.01. The molecule has 0 unspecified atom stereocenters. The summed E-state index contributed by atoms with van der Waals surface area (Å²) in [6, 6.07) is 0. The molecule has 1 aliphatic rings. The van der Waals surface area contributed by atoms with Gasteiger partial charge in [-0.1, -0.05) is 26.5 Å². The first-order chi connectivity index (χ1) is 5.88. The maximum absolute atomic E-state index is 5.20. The Kier molecular flexibility index (Phi) is 5.88. The van der Waals surface area contributed by atoms with Crippen LogP contribution in [0.1, 0.15) is 20.8 Å². The molecule has 1 saturated heterocycles. The second-order valence-corrected chi connectivity index (χ2v) is 1.93. The predicted octanol–water partition coefficient (Wildman–Crippen LogP) is 2.56. The SMILES string of the molecule is C=C/C=C1/NCO/C1=C/C.CC. The lowest BCUT2D eigenvalue weighted by atomic mass is 10.3. The molecule has 1 fully saturated rings. The average molecular weight is 167 g/mol. The van der Waals surface area contributed by atoms with Gasteiger partial charge in [-0.05, 0) is 19.1 Å². The van der Waals surface area contributed by atoms with Gasteiger partial charge in [0.15, 0.2) is 6.73 Å². The van der Waals surface area contributed by atoms with Crippen LogP contribution in [-0.4, -0.2) is 6.73 Å². The van der Waals surface area contributed by atoms with E-state index in [4.69, 9.17) is 4.74 Å². The Labute approximate surface area is 74.6 Å². The van der Waals surface area contributed by atoms with Gasteiger partial charge in [0.2, 0.25) is 0 Å². The summed E-state index contributed by atoms with van der Waals surface area (Å²) >= 11 is 0. The van der Waals surface area contributed by atoms with Gasteiger partial charge < -0.3 is 10.1 Å². The van der Waals surface area contributed by atoms with Crippen molar-refractivity contribution in [2.45, 2.75) is 20.8 Å². The topological polar surface area (TPSA) is 21.3 Å². The molecule has 68 valence electrons. The molecule has 0 aliphatic carbocycles. The molecule has 0 bridgehead atoms.